The highest BCUT2D eigenvalue weighted by molar-refractivity contribution is 5.45. The van der Waals surface area contributed by atoms with E-state index in [1.165, 1.54) is 47.2 Å². The van der Waals surface area contributed by atoms with Crippen LogP contribution in [0.3, 0.4) is 0 Å². The topological polar surface area (TPSA) is 12.0 Å². The summed E-state index contributed by atoms with van der Waals surface area (Å²) in [5.41, 5.74) is 6.64. The van der Waals surface area contributed by atoms with E-state index in [2.05, 4.69) is 68.6 Å². The number of nitrogens with one attached hydrogen (secondary N) is 1. The molecule has 0 heterocycles. The largest absolute Gasteiger partial charge is 0.381 e. The lowest BCUT2D eigenvalue weighted by Crippen LogP contribution is -2.00. The molecule has 0 atom stereocenters. The quantitative estimate of drug-likeness (QED) is 0.753. The lowest BCUT2D eigenvalue weighted by Gasteiger charge is -2.09. The maximum Gasteiger partial charge on any atom is 0.0400 e. The second kappa shape index (κ2) is 7.14. The zero-order valence-corrected chi connectivity index (χ0v) is 12.9. The summed E-state index contributed by atoms with van der Waals surface area (Å²) < 4.78 is 0. The third kappa shape index (κ3) is 4.41. The van der Waals surface area contributed by atoms with Crippen molar-refractivity contribution in [2.24, 2.45) is 0 Å². The molecule has 0 spiro atoms. The second-order valence-corrected chi connectivity index (χ2v) is 5.65. The van der Waals surface area contributed by atoms with Crippen molar-refractivity contribution in [1.29, 1.82) is 0 Å². The Morgan fingerprint density at radius 3 is 2.10 bits per heavy atom. The number of benzene rings is 2. The summed E-state index contributed by atoms with van der Waals surface area (Å²) in [4.78, 5) is 0. The Bertz CT molecular complexity index is 520. The number of hydrogen-bond acceptors (Lipinski definition) is 1. The molecule has 2 aromatic carbocycles. The van der Waals surface area contributed by atoms with E-state index in [0.717, 1.165) is 6.54 Å². The Balaban J connectivity index is 1.93. The van der Waals surface area contributed by atoms with E-state index in [0.29, 0.717) is 0 Å². The van der Waals surface area contributed by atoms with Crippen LogP contribution in [0.1, 0.15) is 42.0 Å². The van der Waals surface area contributed by atoms with Crippen LogP contribution < -0.4 is 5.32 Å². The molecule has 2 aromatic rings. The van der Waals surface area contributed by atoms with Crippen molar-refractivity contribution in [3.05, 3.63) is 64.7 Å². The van der Waals surface area contributed by atoms with Gasteiger partial charge in [-0.25, -0.2) is 0 Å². The van der Waals surface area contributed by atoms with Gasteiger partial charge in [-0.2, -0.15) is 0 Å². The van der Waals surface area contributed by atoms with Gasteiger partial charge in [0.1, 0.15) is 0 Å². The monoisotopic (exact) mass is 267 g/mol. The van der Waals surface area contributed by atoms with Crippen molar-refractivity contribution >= 4 is 5.69 Å². The molecular weight excluding hydrogens is 242 g/mol. The van der Waals surface area contributed by atoms with E-state index >= 15 is 0 Å². The molecule has 1 heteroatoms. The van der Waals surface area contributed by atoms with Gasteiger partial charge >= 0.3 is 0 Å². The van der Waals surface area contributed by atoms with Crippen molar-refractivity contribution in [1.82, 2.24) is 0 Å². The summed E-state index contributed by atoms with van der Waals surface area (Å²) in [7, 11) is 0. The first-order valence-corrected chi connectivity index (χ1v) is 7.57. The highest BCUT2D eigenvalue weighted by Gasteiger charge is 1.98. The SMILES string of the molecule is CCCCc1ccc(NCc2cc(C)cc(C)c2)cc1. The molecule has 2 rings (SSSR count). The molecule has 0 aliphatic carbocycles. The lowest BCUT2D eigenvalue weighted by molar-refractivity contribution is 0.795. The van der Waals surface area contributed by atoms with E-state index in [1.54, 1.807) is 0 Å². The molecule has 0 saturated heterocycles. The molecular formula is C19H25N. The van der Waals surface area contributed by atoms with Gasteiger partial charge in [0.2, 0.25) is 0 Å². The van der Waals surface area contributed by atoms with Gasteiger partial charge in [-0.05, 0) is 49.9 Å². The fourth-order valence-corrected chi connectivity index (χ4v) is 2.55. The molecule has 0 saturated carbocycles. The summed E-state index contributed by atoms with van der Waals surface area (Å²) in [5.74, 6) is 0. The number of hydrogen-bond donors (Lipinski definition) is 1. The van der Waals surface area contributed by atoms with Gasteiger partial charge in [0, 0.05) is 12.2 Å². The fourth-order valence-electron chi connectivity index (χ4n) is 2.55. The van der Waals surface area contributed by atoms with Gasteiger partial charge in [0.05, 0.1) is 0 Å². The zero-order valence-electron chi connectivity index (χ0n) is 12.9. The third-order valence-corrected chi connectivity index (χ3v) is 3.55. The molecule has 0 amide bonds. The Morgan fingerprint density at radius 2 is 1.50 bits per heavy atom. The number of anilines is 1. The van der Waals surface area contributed by atoms with E-state index < -0.39 is 0 Å². The first-order valence-electron chi connectivity index (χ1n) is 7.57. The van der Waals surface area contributed by atoms with Crippen LogP contribution in [0.15, 0.2) is 42.5 Å². The smallest absolute Gasteiger partial charge is 0.0400 e. The van der Waals surface area contributed by atoms with Crippen molar-refractivity contribution in [3.8, 4) is 0 Å². The molecule has 106 valence electrons. The second-order valence-electron chi connectivity index (χ2n) is 5.65. The maximum atomic E-state index is 3.50. The minimum absolute atomic E-state index is 0.886. The standard InChI is InChI=1S/C19H25N/c1-4-5-6-17-7-9-19(10-8-17)20-14-18-12-15(2)11-16(3)13-18/h7-13,20H,4-6,14H2,1-3H3. The predicted octanol–water partition coefficient (Wildman–Crippen LogP) is 5.26. The molecule has 0 aliphatic heterocycles. The molecule has 20 heavy (non-hydrogen) atoms. The van der Waals surface area contributed by atoms with Gasteiger partial charge in [-0.1, -0.05) is 54.8 Å². The Labute approximate surface area is 123 Å². The van der Waals surface area contributed by atoms with Crippen molar-refractivity contribution < 1.29 is 0 Å². The highest BCUT2D eigenvalue weighted by Crippen LogP contribution is 2.14. The number of aryl methyl sites for hydroxylation is 3. The molecule has 0 aromatic heterocycles. The van der Waals surface area contributed by atoms with E-state index in [4.69, 9.17) is 0 Å². The summed E-state index contributed by atoms with van der Waals surface area (Å²) in [5, 5.41) is 3.50. The molecule has 1 N–H and O–H groups in total. The van der Waals surface area contributed by atoms with Crippen LogP contribution in [0, 0.1) is 13.8 Å². The zero-order chi connectivity index (χ0) is 14.4. The van der Waals surface area contributed by atoms with Crippen LogP contribution >= 0.6 is 0 Å². The van der Waals surface area contributed by atoms with Crippen LogP contribution in [-0.2, 0) is 13.0 Å². The van der Waals surface area contributed by atoms with Gasteiger partial charge in [-0.15, -0.1) is 0 Å². The summed E-state index contributed by atoms with van der Waals surface area (Å²) in [6.07, 6.45) is 3.72. The molecule has 0 bridgehead atoms. The molecule has 0 fully saturated rings. The average molecular weight is 267 g/mol. The van der Waals surface area contributed by atoms with Crippen molar-refractivity contribution in [2.45, 2.75) is 46.6 Å². The van der Waals surface area contributed by atoms with Crippen LogP contribution in [0.2, 0.25) is 0 Å². The van der Waals surface area contributed by atoms with Crippen molar-refractivity contribution in [3.63, 3.8) is 0 Å². The van der Waals surface area contributed by atoms with Gasteiger partial charge in [0.25, 0.3) is 0 Å². The van der Waals surface area contributed by atoms with E-state index in [1.807, 2.05) is 0 Å². The molecule has 0 radical (unpaired) electrons. The minimum atomic E-state index is 0.886. The number of rotatable bonds is 6. The minimum Gasteiger partial charge on any atom is -0.381 e. The van der Waals surface area contributed by atoms with E-state index in [-0.39, 0.29) is 0 Å². The van der Waals surface area contributed by atoms with Crippen LogP contribution in [-0.4, -0.2) is 0 Å². The third-order valence-electron chi connectivity index (χ3n) is 3.55. The van der Waals surface area contributed by atoms with Gasteiger partial charge < -0.3 is 5.32 Å². The summed E-state index contributed by atoms with van der Waals surface area (Å²) >= 11 is 0. The normalized spacial score (nSPS) is 10.6. The summed E-state index contributed by atoms with van der Waals surface area (Å²) in [6.45, 7) is 7.43. The molecule has 1 nitrogen and oxygen atoms in total. The van der Waals surface area contributed by atoms with Crippen LogP contribution in [0.4, 0.5) is 5.69 Å². The first-order chi connectivity index (χ1) is 9.67. The van der Waals surface area contributed by atoms with E-state index in [9.17, 15) is 0 Å². The summed E-state index contributed by atoms with van der Waals surface area (Å²) in [6, 6.07) is 15.6. The molecule has 0 unspecified atom stereocenters. The number of unbranched alkanes of at least 4 members (excludes halogenated alkanes) is 1. The maximum absolute atomic E-state index is 3.50. The molecule has 0 aliphatic rings. The highest BCUT2D eigenvalue weighted by atomic mass is 14.9. The van der Waals surface area contributed by atoms with Crippen molar-refractivity contribution in [2.75, 3.05) is 5.32 Å². The van der Waals surface area contributed by atoms with Crippen LogP contribution in [0.5, 0.6) is 0 Å². The average Bonchev–Trinajstić information content (AvgIpc) is 2.43. The fraction of sp³-hybridized carbons (Fsp3) is 0.368. The Kier molecular flexibility index (Phi) is 5.23. The predicted molar refractivity (Wildman–Crippen MR) is 88.3 cm³/mol. The Hall–Kier alpha value is -1.76. The van der Waals surface area contributed by atoms with Gasteiger partial charge in [-0.3, -0.25) is 0 Å². The Morgan fingerprint density at radius 1 is 0.850 bits per heavy atom. The van der Waals surface area contributed by atoms with Crippen LogP contribution in [0.25, 0.3) is 0 Å². The lowest BCUT2D eigenvalue weighted by atomic mass is 10.1. The first kappa shape index (κ1) is 14.6. The van der Waals surface area contributed by atoms with Gasteiger partial charge in [0.15, 0.2) is 0 Å².